The molecule has 1 aromatic carbocycles. The van der Waals surface area contributed by atoms with Gasteiger partial charge in [-0.05, 0) is 44.7 Å². The second-order valence-electron chi connectivity index (χ2n) is 8.20. The minimum atomic E-state index is -0.0290. The van der Waals surface area contributed by atoms with Crippen LogP contribution in [0, 0.1) is 0 Å². The van der Waals surface area contributed by atoms with E-state index in [-0.39, 0.29) is 5.66 Å². The van der Waals surface area contributed by atoms with Crippen molar-refractivity contribution < 1.29 is 0 Å². The van der Waals surface area contributed by atoms with Crippen LogP contribution >= 0.6 is 11.8 Å². The Bertz CT molecular complexity index is 830. The molecule has 2 N–H and O–H groups in total. The number of likely N-dealkylation sites (tertiary alicyclic amines) is 1. The molecule has 0 radical (unpaired) electrons. The number of hydrogen-bond donors (Lipinski definition) is 2. The molecule has 1 saturated heterocycles. The third-order valence-electron chi connectivity index (χ3n) is 6.21. The third kappa shape index (κ3) is 2.95. The van der Waals surface area contributed by atoms with Crippen molar-refractivity contribution in [2.75, 3.05) is 24.2 Å². The van der Waals surface area contributed by atoms with E-state index in [1.807, 2.05) is 11.8 Å². The van der Waals surface area contributed by atoms with Crippen LogP contribution in [0.3, 0.4) is 0 Å². The standard InChI is InChI=1S/C21H28N4S/c1-21(25-11-4-5-12-25)14-26-20(24-21)18-13-15-7-6-10-17(19(15)23-18)22-16-8-2-3-9-16/h6-7,10,13,16,22-23H,2-5,8-9,11-12,14H2,1H3. The van der Waals surface area contributed by atoms with Crippen LogP contribution in [0.1, 0.15) is 51.1 Å². The first-order valence-electron chi connectivity index (χ1n) is 10.1. The van der Waals surface area contributed by atoms with Gasteiger partial charge in [0.15, 0.2) is 0 Å². The van der Waals surface area contributed by atoms with E-state index >= 15 is 0 Å². The first-order valence-corrected chi connectivity index (χ1v) is 11.1. The maximum Gasteiger partial charge on any atom is 0.121 e. The summed E-state index contributed by atoms with van der Waals surface area (Å²) in [5, 5.41) is 6.21. The van der Waals surface area contributed by atoms with Crippen LogP contribution in [0.4, 0.5) is 5.69 Å². The van der Waals surface area contributed by atoms with Crippen molar-refractivity contribution in [3.05, 3.63) is 30.0 Å². The highest BCUT2D eigenvalue weighted by molar-refractivity contribution is 8.14. The fourth-order valence-electron chi connectivity index (χ4n) is 4.67. The van der Waals surface area contributed by atoms with E-state index in [2.05, 4.69) is 46.4 Å². The number of anilines is 1. The number of nitrogens with zero attached hydrogens (tertiary/aromatic N) is 2. The summed E-state index contributed by atoms with van der Waals surface area (Å²) >= 11 is 1.90. The summed E-state index contributed by atoms with van der Waals surface area (Å²) in [4.78, 5) is 11.4. The number of rotatable bonds is 4. The van der Waals surface area contributed by atoms with Crippen molar-refractivity contribution in [3.8, 4) is 0 Å². The van der Waals surface area contributed by atoms with E-state index in [4.69, 9.17) is 4.99 Å². The van der Waals surface area contributed by atoms with Crippen molar-refractivity contribution in [3.63, 3.8) is 0 Å². The van der Waals surface area contributed by atoms with Crippen LogP contribution in [0.15, 0.2) is 29.3 Å². The highest BCUT2D eigenvalue weighted by Gasteiger charge is 2.38. The lowest BCUT2D eigenvalue weighted by atomic mass is 10.2. The first-order chi connectivity index (χ1) is 12.7. The molecule has 0 spiro atoms. The summed E-state index contributed by atoms with van der Waals surface area (Å²) in [7, 11) is 0. The largest absolute Gasteiger partial charge is 0.381 e. The molecule has 1 atom stereocenters. The highest BCUT2D eigenvalue weighted by atomic mass is 32.2. The van der Waals surface area contributed by atoms with Crippen molar-refractivity contribution in [2.45, 2.75) is 57.2 Å². The Hall–Kier alpha value is -1.46. The van der Waals surface area contributed by atoms with Gasteiger partial charge in [-0.2, -0.15) is 0 Å². The summed E-state index contributed by atoms with van der Waals surface area (Å²) in [5.74, 6) is 1.06. The second-order valence-corrected chi connectivity index (χ2v) is 9.16. The normalized spacial score (nSPS) is 27.5. The molecule has 1 saturated carbocycles. The molecule has 2 aliphatic heterocycles. The Labute approximate surface area is 159 Å². The number of aromatic nitrogens is 1. The van der Waals surface area contributed by atoms with E-state index in [9.17, 15) is 0 Å². The Balaban J connectivity index is 1.44. The molecule has 2 fully saturated rings. The maximum absolute atomic E-state index is 5.15. The summed E-state index contributed by atoms with van der Waals surface area (Å²) in [6.45, 7) is 4.68. The SMILES string of the molecule is CC1(N2CCCC2)CSC(c2cc3cccc(NC4CCCC4)c3[nH]2)=N1. The first kappa shape index (κ1) is 16.7. The summed E-state index contributed by atoms with van der Waals surface area (Å²) in [6.07, 6.45) is 7.92. The summed E-state index contributed by atoms with van der Waals surface area (Å²) < 4.78 is 0. The molecule has 1 unspecified atom stereocenters. The Kier molecular flexibility index (Phi) is 4.24. The quantitative estimate of drug-likeness (QED) is 0.812. The number of fused-ring (bicyclic) bond motifs is 1. The molecule has 26 heavy (non-hydrogen) atoms. The van der Waals surface area contributed by atoms with Crippen LogP contribution in [0.2, 0.25) is 0 Å². The number of aromatic amines is 1. The van der Waals surface area contributed by atoms with Crippen LogP contribution < -0.4 is 5.32 Å². The van der Waals surface area contributed by atoms with Crippen LogP contribution in [-0.4, -0.2) is 45.5 Å². The molecule has 0 bridgehead atoms. The molecular formula is C21H28N4S. The van der Waals surface area contributed by atoms with Crippen LogP contribution in [-0.2, 0) is 0 Å². The summed E-state index contributed by atoms with van der Waals surface area (Å²) in [6, 6.07) is 9.48. The van der Waals surface area contributed by atoms with Crippen molar-refractivity contribution in [1.82, 2.24) is 9.88 Å². The third-order valence-corrected chi connectivity index (χ3v) is 7.49. The van der Waals surface area contributed by atoms with E-state index < -0.39 is 0 Å². The monoisotopic (exact) mass is 368 g/mol. The number of nitrogens with one attached hydrogen (secondary N) is 2. The van der Waals surface area contributed by atoms with Gasteiger partial charge in [0, 0.05) is 30.3 Å². The topological polar surface area (TPSA) is 43.4 Å². The fourth-order valence-corrected chi connectivity index (χ4v) is 5.85. The number of benzene rings is 1. The van der Waals surface area contributed by atoms with E-state index in [1.54, 1.807) is 0 Å². The summed E-state index contributed by atoms with van der Waals surface area (Å²) in [5.41, 5.74) is 3.62. The van der Waals surface area contributed by atoms with Crippen LogP contribution in [0.25, 0.3) is 10.9 Å². The molecule has 0 amide bonds. The highest BCUT2D eigenvalue weighted by Crippen LogP contribution is 2.36. The molecule has 1 aromatic heterocycles. The Morgan fingerprint density at radius 2 is 2.00 bits per heavy atom. The van der Waals surface area contributed by atoms with E-state index in [0.29, 0.717) is 6.04 Å². The molecule has 138 valence electrons. The lowest BCUT2D eigenvalue weighted by Crippen LogP contribution is -2.43. The number of thioether (sulfide) groups is 1. The maximum atomic E-state index is 5.15. The Morgan fingerprint density at radius 1 is 1.19 bits per heavy atom. The number of aliphatic imine (C=N–C) groups is 1. The van der Waals surface area contributed by atoms with Gasteiger partial charge < -0.3 is 10.3 Å². The lowest BCUT2D eigenvalue weighted by molar-refractivity contribution is 0.172. The van der Waals surface area contributed by atoms with Gasteiger partial charge in [0.25, 0.3) is 0 Å². The predicted octanol–water partition coefficient (Wildman–Crippen LogP) is 4.83. The second kappa shape index (κ2) is 6.61. The van der Waals surface area contributed by atoms with E-state index in [1.165, 1.54) is 78.9 Å². The predicted molar refractivity (Wildman–Crippen MR) is 112 cm³/mol. The molecule has 1 aliphatic carbocycles. The number of H-pyrrole nitrogens is 1. The average molecular weight is 369 g/mol. The van der Waals surface area contributed by atoms with Gasteiger partial charge in [-0.25, -0.2) is 0 Å². The van der Waals surface area contributed by atoms with Crippen LogP contribution in [0.5, 0.6) is 0 Å². The number of hydrogen-bond acceptors (Lipinski definition) is 4. The average Bonchev–Trinajstić information content (AvgIpc) is 3.42. The minimum absolute atomic E-state index is 0.0290. The van der Waals surface area contributed by atoms with Crippen molar-refractivity contribution >= 4 is 33.4 Å². The molecule has 5 heteroatoms. The number of para-hydroxylation sites is 1. The fraction of sp³-hybridized carbons (Fsp3) is 0.571. The molecule has 3 heterocycles. The van der Waals surface area contributed by atoms with Crippen molar-refractivity contribution in [2.24, 2.45) is 4.99 Å². The Morgan fingerprint density at radius 3 is 2.81 bits per heavy atom. The molecule has 5 rings (SSSR count). The van der Waals surface area contributed by atoms with Gasteiger partial charge in [-0.1, -0.05) is 25.0 Å². The van der Waals surface area contributed by atoms with Gasteiger partial charge in [0.2, 0.25) is 0 Å². The van der Waals surface area contributed by atoms with E-state index in [0.717, 1.165) is 5.75 Å². The molecular weight excluding hydrogens is 340 g/mol. The minimum Gasteiger partial charge on any atom is -0.381 e. The zero-order valence-corrected chi connectivity index (χ0v) is 16.4. The smallest absolute Gasteiger partial charge is 0.121 e. The molecule has 3 aliphatic rings. The van der Waals surface area contributed by atoms with Crippen molar-refractivity contribution in [1.29, 1.82) is 0 Å². The van der Waals surface area contributed by atoms with Gasteiger partial charge in [-0.3, -0.25) is 9.89 Å². The molecule has 2 aromatic rings. The molecule has 4 nitrogen and oxygen atoms in total. The van der Waals surface area contributed by atoms with Gasteiger partial charge in [0.05, 0.1) is 16.9 Å². The zero-order valence-electron chi connectivity index (χ0n) is 15.6. The van der Waals surface area contributed by atoms with Gasteiger partial charge >= 0.3 is 0 Å². The lowest BCUT2D eigenvalue weighted by Gasteiger charge is -2.31. The van der Waals surface area contributed by atoms with Gasteiger partial charge in [0.1, 0.15) is 10.7 Å². The zero-order chi connectivity index (χ0) is 17.6. The van der Waals surface area contributed by atoms with Gasteiger partial charge in [-0.15, -0.1) is 11.8 Å².